The quantitative estimate of drug-likeness (QED) is 0.550. The van der Waals surface area contributed by atoms with Gasteiger partial charge >= 0.3 is 0 Å². The second kappa shape index (κ2) is 5.66. The van der Waals surface area contributed by atoms with E-state index in [2.05, 4.69) is 31.2 Å². The van der Waals surface area contributed by atoms with E-state index >= 15 is 0 Å². The average molecular weight is 365 g/mol. The molecule has 106 valence electrons. The average Bonchev–Trinajstić information content (AvgIpc) is 3.09. The molecule has 8 heteroatoms. The lowest BCUT2D eigenvalue weighted by Crippen LogP contribution is -1.94. The van der Waals surface area contributed by atoms with E-state index in [0.29, 0.717) is 21.9 Å². The van der Waals surface area contributed by atoms with Gasteiger partial charge in [0.2, 0.25) is 10.6 Å². The highest BCUT2D eigenvalue weighted by molar-refractivity contribution is 9.10. The van der Waals surface area contributed by atoms with Gasteiger partial charge in [0, 0.05) is 10.0 Å². The number of hydrogen-bond acceptors (Lipinski definition) is 5. The maximum Gasteiger partial charge on any atom is 0.219 e. The summed E-state index contributed by atoms with van der Waals surface area (Å²) in [5.74, 6) is 1.12. The first-order chi connectivity index (χ1) is 10.1. The van der Waals surface area contributed by atoms with E-state index < -0.39 is 0 Å². The minimum absolute atomic E-state index is 0.122. The number of aromatic nitrogens is 3. The molecule has 0 bridgehead atoms. The third kappa shape index (κ3) is 2.81. The van der Waals surface area contributed by atoms with Gasteiger partial charge in [-0.1, -0.05) is 15.9 Å². The predicted molar refractivity (Wildman–Crippen MR) is 83.9 cm³/mol. The molecule has 21 heavy (non-hydrogen) atoms. The van der Waals surface area contributed by atoms with E-state index in [0.717, 1.165) is 4.47 Å². The molecule has 0 aliphatic heterocycles. The van der Waals surface area contributed by atoms with Crippen LogP contribution in [-0.4, -0.2) is 26.2 Å². The van der Waals surface area contributed by atoms with E-state index in [4.69, 9.17) is 16.6 Å². The number of aromatic amines is 1. The molecule has 1 aromatic carbocycles. The summed E-state index contributed by atoms with van der Waals surface area (Å²) in [4.78, 5) is 0. The van der Waals surface area contributed by atoms with Gasteiger partial charge in [0.05, 0.1) is 12.5 Å². The number of rotatable bonds is 3. The van der Waals surface area contributed by atoms with Crippen LogP contribution >= 0.6 is 28.1 Å². The molecule has 6 nitrogen and oxygen atoms in total. The molecule has 0 aliphatic rings. The van der Waals surface area contributed by atoms with Gasteiger partial charge in [-0.15, -0.1) is 5.10 Å². The first kappa shape index (κ1) is 13.8. The smallest absolute Gasteiger partial charge is 0.219 e. The molecule has 0 spiro atoms. The van der Waals surface area contributed by atoms with E-state index in [9.17, 15) is 5.11 Å². The lowest BCUT2D eigenvalue weighted by molar-refractivity contribution is 0.474. The van der Waals surface area contributed by atoms with Crippen LogP contribution in [0.1, 0.15) is 5.56 Å². The van der Waals surface area contributed by atoms with Gasteiger partial charge in [-0.25, -0.2) is 5.10 Å². The van der Waals surface area contributed by atoms with Crippen molar-refractivity contribution in [2.45, 2.75) is 0 Å². The number of aromatic hydroxyl groups is 1. The zero-order valence-corrected chi connectivity index (χ0v) is 12.9. The van der Waals surface area contributed by atoms with Crippen molar-refractivity contribution in [3.63, 3.8) is 0 Å². The number of furan rings is 1. The van der Waals surface area contributed by atoms with Gasteiger partial charge in [0.1, 0.15) is 5.75 Å². The molecule has 0 fully saturated rings. The van der Waals surface area contributed by atoms with Crippen molar-refractivity contribution in [1.82, 2.24) is 14.9 Å². The van der Waals surface area contributed by atoms with Crippen LogP contribution in [0.4, 0.5) is 0 Å². The Balaban J connectivity index is 2.02. The molecule has 2 N–H and O–H groups in total. The standard InChI is InChI=1S/C13H9BrN4O2S/c14-9-3-4-10(19)8(6-9)7-15-18-12(16-17-13(18)21)11-2-1-5-20-11/h1-7,19H,(H,17,21)/b15-7-. The Labute approximate surface area is 132 Å². The Morgan fingerprint density at radius 2 is 2.29 bits per heavy atom. The van der Waals surface area contributed by atoms with Gasteiger partial charge in [-0.05, 0) is 42.5 Å². The number of phenols is 1. The van der Waals surface area contributed by atoms with Crippen LogP contribution in [0.2, 0.25) is 0 Å². The Kier molecular flexibility index (Phi) is 3.72. The lowest BCUT2D eigenvalue weighted by atomic mass is 10.2. The zero-order chi connectivity index (χ0) is 14.8. The van der Waals surface area contributed by atoms with Crippen molar-refractivity contribution in [2.75, 3.05) is 0 Å². The highest BCUT2D eigenvalue weighted by atomic mass is 79.9. The van der Waals surface area contributed by atoms with Gasteiger partial charge in [0.25, 0.3) is 0 Å². The van der Waals surface area contributed by atoms with E-state index in [-0.39, 0.29) is 5.75 Å². The number of phenolic OH excluding ortho intramolecular Hbond substituents is 1. The number of halogens is 1. The minimum atomic E-state index is 0.122. The van der Waals surface area contributed by atoms with Crippen LogP contribution in [0.3, 0.4) is 0 Å². The highest BCUT2D eigenvalue weighted by Gasteiger charge is 2.10. The largest absolute Gasteiger partial charge is 0.507 e. The molecule has 0 amide bonds. The maximum absolute atomic E-state index is 9.80. The number of benzene rings is 1. The summed E-state index contributed by atoms with van der Waals surface area (Å²) >= 11 is 8.48. The van der Waals surface area contributed by atoms with Gasteiger partial charge in [-0.2, -0.15) is 9.78 Å². The summed E-state index contributed by atoms with van der Waals surface area (Å²) in [6, 6.07) is 8.57. The van der Waals surface area contributed by atoms with Gasteiger partial charge in [0.15, 0.2) is 5.76 Å². The molecule has 0 radical (unpaired) electrons. The highest BCUT2D eigenvalue weighted by Crippen LogP contribution is 2.21. The summed E-state index contributed by atoms with van der Waals surface area (Å²) in [6.07, 6.45) is 3.04. The third-order valence-electron chi connectivity index (χ3n) is 2.69. The fraction of sp³-hybridized carbons (Fsp3) is 0. The molecule has 2 aromatic heterocycles. The summed E-state index contributed by atoms with van der Waals surface area (Å²) < 4.78 is 7.88. The van der Waals surface area contributed by atoms with Crippen molar-refractivity contribution in [2.24, 2.45) is 5.10 Å². The molecule has 0 aliphatic carbocycles. The first-order valence-electron chi connectivity index (χ1n) is 5.89. The Bertz CT molecular complexity index is 851. The van der Waals surface area contributed by atoms with Crippen molar-refractivity contribution < 1.29 is 9.52 Å². The van der Waals surface area contributed by atoms with Crippen molar-refractivity contribution in [1.29, 1.82) is 0 Å². The predicted octanol–water partition coefficient (Wildman–Crippen LogP) is 3.55. The molecule has 0 unspecified atom stereocenters. The van der Waals surface area contributed by atoms with E-state index in [1.807, 2.05) is 0 Å². The minimum Gasteiger partial charge on any atom is -0.507 e. The van der Waals surface area contributed by atoms with Crippen LogP contribution in [-0.2, 0) is 0 Å². The Hall–Kier alpha value is -2.19. The zero-order valence-electron chi connectivity index (χ0n) is 10.5. The molecule has 2 heterocycles. The van der Waals surface area contributed by atoms with Crippen molar-refractivity contribution in [3.05, 3.63) is 51.4 Å². The van der Waals surface area contributed by atoms with E-state index in [1.165, 1.54) is 10.9 Å². The van der Waals surface area contributed by atoms with Crippen LogP contribution in [0, 0.1) is 4.77 Å². The third-order valence-corrected chi connectivity index (χ3v) is 3.45. The second-order valence-electron chi connectivity index (χ2n) is 4.09. The summed E-state index contributed by atoms with van der Waals surface area (Å²) in [5, 5.41) is 20.8. The lowest BCUT2D eigenvalue weighted by Gasteiger charge is -2.00. The molecule has 3 rings (SSSR count). The number of nitrogens with one attached hydrogen (secondary N) is 1. The number of nitrogens with zero attached hydrogens (tertiary/aromatic N) is 3. The molecule has 3 aromatic rings. The number of H-pyrrole nitrogens is 1. The maximum atomic E-state index is 9.80. The molecular formula is C13H9BrN4O2S. The van der Waals surface area contributed by atoms with Crippen molar-refractivity contribution in [3.8, 4) is 17.3 Å². The fourth-order valence-corrected chi connectivity index (χ4v) is 2.27. The van der Waals surface area contributed by atoms with Crippen LogP contribution in [0.15, 0.2) is 50.6 Å². The molecule has 0 saturated heterocycles. The molecule has 0 atom stereocenters. The fourth-order valence-electron chi connectivity index (χ4n) is 1.71. The van der Waals surface area contributed by atoms with Crippen LogP contribution in [0.5, 0.6) is 5.75 Å². The summed E-state index contributed by atoms with van der Waals surface area (Å²) in [5.41, 5.74) is 0.554. The van der Waals surface area contributed by atoms with Gasteiger partial charge < -0.3 is 9.52 Å². The normalized spacial score (nSPS) is 11.3. The summed E-state index contributed by atoms with van der Waals surface area (Å²) in [7, 11) is 0. The summed E-state index contributed by atoms with van der Waals surface area (Å²) in [6.45, 7) is 0. The molecular weight excluding hydrogens is 356 g/mol. The van der Waals surface area contributed by atoms with Crippen LogP contribution in [0.25, 0.3) is 11.6 Å². The van der Waals surface area contributed by atoms with Crippen LogP contribution < -0.4 is 0 Å². The second-order valence-corrected chi connectivity index (χ2v) is 5.39. The SMILES string of the molecule is Oc1ccc(Br)cc1/C=N\n1c(-c2ccco2)n[nH]c1=S. The topological polar surface area (TPSA) is 79.3 Å². The first-order valence-corrected chi connectivity index (χ1v) is 7.09. The monoisotopic (exact) mass is 364 g/mol. The number of hydrogen-bond donors (Lipinski definition) is 2. The molecule has 0 saturated carbocycles. The Morgan fingerprint density at radius 3 is 3.05 bits per heavy atom. The van der Waals surface area contributed by atoms with E-state index in [1.54, 1.807) is 36.6 Å². The van der Waals surface area contributed by atoms with Crippen molar-refractivity contribution >= 4 is 34.4 Å². The Morgan fingerprint density at radius 1 is 1.43 bits per heavy atom. The van der Waals surface area contributed by atoms with Gasteiger partial charge in [-0.3, -0.25) is 0 Å².